The maximum atomic E-state index is 7.86. The standard InChI is InChI=1S/C33H52OS2.5C4H9.CH3.2Sn/c1-3-5-7-9-11-13-15-17-19-21-25-33(26-22-20-18-16-14-12-10-8-6-4-2)29-23-27-35-31(29)32-30(34-33)24-28-36-32;5*1-3-4-2;;;/h23-24H,3-22,25-26H2,1-2H3;5*1,3-4H2,2H3;1H3;;. The average Bonchev–Trinajstić information content (AvgIpc) is 3.90. The van der Waals surface area contributed by atoms with Crippen molar-refractivity contribution in [3.63, 3.8) is 0 Å². The van der Waals surface area contributed by atoms with Crippen LogP contribution in [0, 0.1) is 0 Å². The van der Waals surface area contributed by atoms with Crippen molar-refractivity contribution in [1.82, 2.24) is 0 Å². The molecular formula is C54H100OS2Sn2. The van der Waals surface area contributed by atoms with Gasteiger partial charge in [0, 0.05) is 0 Å². The monoisotopic (exact) mass is 1070 g/mol. The average molecular weight is 1070 g/mol. The second kappa shape index (κ2) is 31.6. The van der Waals surface area contributed by atoms with Crippen molar-refractivity contribution >= 4 is 65.2 Å². The molecule has 342 valence electrons. The first-order valence-electron chi connectivity index (χ1n) is 26.8. The van der Waals surface area contributed by atoms with Crippen molar-refractivity contribution in [2.45, 2.75) is 287 Å². The molecule has 0 unspecified atom stereocenters. The Morgan fingerprint density at radius 1 is 0.407 bits per heavy atom. The van der Waals surface area contributed by atoms with Gasteiger partial charge in [0.25, 0.3) is 0 Å². The Bertz CT molecular complexity index is 1270. The number of unbranched alkanes of at least 4 members (excludes halogenated alkanes) is 23. The predicted molar refractivity (Wildman–Crippen MR) is 278 cm³/mol. The number of fused-ring (bicyclic) bond motifs is 3. The molecule has 0 saturated carbocycles. The summed E-state index contributed by atoms with van der Waals surface area (Å²) in [5, 5.41) is 0. The fraction of sp³-hybridized carbons (Fsp3) is 0.852. The maximum absolute atomic E-state index is 7.86. The normalized spacial score (nSPS) is 13.8. The molecule has 59 heavy (non-hydrogen) atoms. The predicted octanol–water partition coefficient (Wildman–Crippen LogP) is 19.6. The minimum atomic E-state index is -2.63. The number of hydrogen-bond donors (Lipinski definition) is 0. The Balaban J connectivity index is 2.04. The number of rotatable bonds is 39. The molecule has 0 aromatic carbocycles. The molecule has 1 aliphatic rings. The van der Waals surface area contributed by atoms with Gasteiger partial charge in [0.1, 0.15) is 0 Å². The van der Waals surface area contributed by atoms with E-state index in [-0.39, 0.29) is 5.60 Å². The van der Waals surface area contributed by atoms with E-state index < -0.39 is 36.8 Å². The summed E-state index contributed by atoms with van der Waals surface area (Å²) in [5.41, 5.74) is 1.55. The SMILES string of the molecule is CCCCCCCCCCCCC1(CCCCCCCCCCCC)Oc2c[c]([Sn]([CH2]CCC)([CH2]CCC)[CH2]CCC)sc2-c2s[c]([Sn]([CH3])([CH2]CCC)[CH2]CCC)cc21. The summed E-state index contributed by atoms with van der Waals surface area (Å²) in [7, 11) is 0. The van der Waals surface area contributed by atoms with Crippen LogP contribution in [0.3, 0.4) is 0 Å². The molecule has 0 atom stereocenters. The van der Waals surface area contributed by atoms with Gasteiger partial charge in [-0.2, -0.15) is 0 Å². The van der Waals surface area contributed by atoms with Crippen molar-refractivity contribution in [2.24, 2.45) is 0 Å². The summed E-state index contributed by atoms with van der Waals surface area (Å²) in [4.78, 5) is 6.14. The van der Waals surface area contributed by atoms with Crippen LogP contribution in [-0.2, 0) is 5.60 Å². The summed E-state index contributed by atoms with van der Waals surface area (Å²) in [6.07, 6.45) is 44.4. The van der Waals surface area contributed by atoms with Crippen molar-refractivity contribution < 1.29 is 4.74 Å². The summed E-state index contributed by atoms with van der Waals surface area (Å²) in [6.45, 7) is 16.8. The fourth-order valence-corrected chi connectivity index (χ4v) is 46.3. The van der Waals surface area contributed by atoms with Crippen molar-refractivity contribution in [3.05, 3.63) is 17.7 Å². The second-order valence-corrected chi connectivity index (χ2v) is 50.6. The van der Waals surface area contributed by atoms with Gasteiger partial charge in [-0.25, -0.2) is 0 Å². The zero-order valence-electron chi connectivity index (χ0n) is 41.0. The van der Waals surface area contributed by atoms with Crippen LogP contribution in [0.25, 0.3) is 9.75 Å². The van der Waals surface area contributed by atoms with E-state index in [0.717, 1.165) is 0 Å². The van der Waals surface area contributed by atoms with Crippen LogP contribution < -0.4 is 10.5 Å². The molecule has 0 N–H and O–H groups in total. The van der Waals surface area contributed by atoms with Gasteiger partial charge in [0.2, 0.25) is 0 Å². The van der Waals surface area contributed by atoms with Gasteiger partial charge in [0.15, 0.2) is 0 Å². The molecule has 0 spiro atoms. The van der Waals surface area contributed by atoms with Crippen molar-refractivity contribution in [1.29, 1.82) is 0 Å². The molecule has 0 fully saturated rings. The van der Waals surface area contributed by atoms with Crippen LogP contribution in [-0.4, -0.2) is 36.8 Å². The fourth-order valence-electron chi connectivity index (χ4n) is 10.4. The van der Waals surface area contributed by atoms with Crippen molar-refractivity contribution in [3.8, 4) is 15.5 Å². The first-order valence-corrected chi connectivity index (χ1v) is 44.2. The first-order chi connectivity index (χ1) is 28.8. The van der Waals surface area contributed by atoms with E-state index in [0.29, 0.717) is 0 Å². The summed E-state index contributed by atoms with van der Waals surface area (Å²) >= 11 is -0.567. The van der Waals surface area contributed by atoms with Crippen LogP contribution in [0.1, 0.15) is 259 Å². The molecule has 0 radical (unpaired) electrons. The molecule has 3 heterocycles. The summed E-state index contributed by atoms with van der Waals surface area (Å²) in [5.74, 6) is 1.34. The van der Waals surface area contributed by atoms with E-state index in [1.807, 2.05) is 5.79 Å². The van der Waals surface area contributed by atoms with Crippen molar-refractivity contribution in [2.75, 3.05) is 0 Å². The Morgan fingerprint density at radius 3 is 1.17 bits per heavy atom. The Morgan fingerprint density at radius 2 is 0.763 bits per heavy atom. The first kappa shape index (κ1) is 54.1. The Hall–Kier alpha value is 0.797. The third kappa shape index (κ3) is 17.9. The molecule has 0 aliphatic carbocycles. The molecule has 5 heteroatoms. The zero-order chi connectivity index (χ0) is 42.7. The minimum absolute atomic E-state index is 0.132. The molecule has 1 nitrogen and oxygen atoms in total. The van der Waals surface area contributed by atoms with E-state index >= 15 is 0 Å². The molecular weight excluding hydrogens is 966 g/mol. The molecule has 3 rings (SSSR count). The molecule has 2 aromatic heterocycles. The Kier molecular flexibility index (Phi) is 29.0. The third-order valence-electron chi connectivity index (χ3n) is 14.6. The van der Waals surface area contributed by atoms with Gasteiger partial charge >= 0.3 is 337 Å². The number of thiophene rings is 2. The molecule has 2 aromatic rings. The van der Waals surface area contributed by atoms with Gasteiger partial charge < -0.3 is 0 Å². The second-order valence-electron chi connectivity index (χ2n) is 20.0. The van der Waals surface area contributed by atoms with E-state index in [2.05, 4.69) is 88.2 Å². The topological polar surface area (TPSA) is 9.23 Å². The van der Waals surface area contributed by atoms with Crippen LogP contribution in [0.5, 0.6) is 5.75 Å². The van der Waals surface area contributed by atoms with Crippen LogP contribution in [0.2, 0.25) is 27.1 Å². The van der Waals surface area contributed by atoms with Gasteiger partial charge in [-0.3, -0.25) is 0 Å². The van der Waals surface area contributed by atoms with Gasteiger partial charge in [0.05, 0.1) is 0 Å². The zero-order valence-corrected chi connectivity index (χ0v) is 48.4. The van der Waals surface area contributed by atoms with Crippen LogP contribution >= 0.6 is 22.7 Å². The molecule has 0 saturated heterocycles. The van der Waals surface area contributed by atoms with Gasteiger partial charge in [-0.05, 0) is 0 Å². The van der Waals surface area contributed by atoms with Crippen LogP contribution in [0.4, 0.5) is 0 Å². The molecule has 0 bridgehead atoms. The van der Waals surface area contributed by atoms with Gasteiger partial charge in [-0.15, -0.1) is 0 Å². The Labute approximate surface area is 386 Å². The van der Waals surface area contributed by atoms with Gasteiger partial charge in [-0.1, -0.05) is 52.4 Å². The molecule has 1 aliphatic heterocycles. The summed E-state index contributed by atoms with van der Waals surface area (Å²) in [6, 6.07) is 5.62. The molecule has 0 amide bonds. The van der Waals surface area contributed by atoms with E-state index in [4.69, 9.17) is 4.74 Å². The van der Waals surface area contributed by atoms with E-state index in [1.54, 1.807) is 28.6 Å². The van der Waals surface area contributed by atoms with Crippen LogP contribution in [0.15, 0.2) is 12.1 Å². The van der Waals surface area contributed by atoms with E-state index in [9.17, 15) is 0 Å². The number of hydrogen-bond acceptors (Lipinski definition) is 3. The summed E-state index contributed by atoms with van der Waals surface area (Å²) < 4.78 is 19.4. The number of ether oxygens (including phenoxy) is 1. The third-order valence-corrected chi connectivity index (χ3v) is 51.4. The van der Waals surface area contributed by atoms with E-state index in [1.165, 1.54) is 220 Å². The quantitative estimate of drug-likeness (QED) is 0.0479.